The van der Waals surface area contributed by atoms with E-state index in [1.807, 2.05) is 36.4 Å². The average molecular weight is 405 g/mol. The van der Waals surface area contributed by atoms with Crippen molar-refractivity contribution in [2.45, 2.75) is 0 Å². The van der Waals surface area contributed by atoms with Crippen molar-refractivity contribution in [3.05, 3.63) is 108 Å². The topological polar surface area (TPSA) is 13.1 Å². The molecule has 0 spiro atoms. The molecule has 2 heteroatoms. The molecule has 0 radical (unpaired) electrons. The van der Waals surface area contributed by atoms with Crippen LogP contribution >= 0.6 is 11.6 Å². The Morgan fingerprint density at radius 3 is 1.80 bits per heavy atom. The predicted octanol–water partition coefficient (Wildman–Crippen LogP) is 8.68. The Hall–Kier alpha value is -3.55. The first-order chi connectivity index (χ1) is 14.8. The zero-order valence-electron chi connectivity index (χ0n) is 16.1. The quantitative estimate of drug-likeness (QED) is 0.281. The van der Waals surface area contributed by atoms with Crippen molar-refractivity contribution in [1.82, 2.24) is 0 Å². The molecule has 1 aliphatic carbocycles. The summed E-state index contributed by atoms with van der Waals surface area (Å²) in [5, 5.41) is 4.28. The third-order valence-corrected chi connectivity index (χ3v) is 5.98. The lowest BCUT2D eigenvalue weighted by molar-refractivity contribution is 0.622. The standard InChI is InChI=1S/C28H17ClO/c29-20-16-14-19(15-17-20)28-27-22-11-5-4-10-21(22)25(18-8-2-1-3-9-18)26(27)23-12-6-7-13-24(23)30-28/h1-17H. The second-order valence-electron chi connectivity index (χ2n) is 7.47. The molecule has 1 nitrogen and oxygen atoms in total. The summed E-state index contributed by atoms with van der Waals surface area (Å²) in [5.41, 5.74) is 6.73. The van der Waals surface area contributed by atoms with E-state index >= 15 is 0 Å². The Morgan fingerprint density at radius 1 is 0.467 bits per heavy atom. The molecule has 1 aliphatic heterocycles. The van der Waals surface area contributed by atoms with Crippen molar-refractivity contribution in [2.75, 3.05) is 0 Å². The Balaban J connectivity index is 1.85. The van der Waals surface area contributed by atoms with Crippen LogP contribution in [-0.2, 0) is 0 Å². The molecule has 4 aromatic rings. The average Bonchev–Trinajstić information content (AvgIpc) is 3.15. The minimum atomic E-state index is 0.716. The summed E-state index contributed by atoms with van der Waals surface area (Å²) >= 11 is 6.16. The molecule has 1 heterocycles. The van der Waals surface area contributed by atoms with Gasteiger partial charge in [-0.15, -0.1) is 0 Å². The maximum atomic E-state index is 6.52. The lowest BCUT2D eigenvalue weighted by Crippen LogP contribution is -1.89. The normalized spacial score (nSPS) is 11.5. The van der Waals surface area contributed by atoms with Crippen LogP contribution in [0, 0.1) is 0 Å². The van der Waals surface area contributed by atoms with Crippen molar-refractivity contribution in [3.8, 4) is 33.6 Å². The minimum absolute atomic E-state index is 0.716. The van der Waals surface area contributed by atoms with Crippen LogP contribution in [0.5, 0.6) is 0 Å². The van der Waals surface area contributed by atoms with Gasteiger partial charge in [-0.05, 0) is 52.2 Å². The van der Waals surface area contributed by atoms with E-state index in [1.165, 1.54) is 27.5 Å². The van der Waals surface area contributed by atoms with E-state index in [2.05, 4.69) is 66.7 Å². The Bertz CT molecular complexity index is 1480. The number of hydrogen-bond donors (Lipinski definition) is 0. The van der Waals surface area contributed by atoms with E-state index in [9.17, 15) is 0 Å². The molecule has 30 heavy (non-hydrogen) atoms. The Morgan fingerprint density at radius 2 is 1.07 bits per heavy atom. The zero-order chi connectivity index (χ0) is 20.1. The van der Waals surface area contributed by atoms with Gasteiger partial charge in [-0.3, -0.25) is 0 Å². The number of para-hydroxylation sites is 1. The highest BCUT2D eigenvalue weighted by Crippen LogP contribution is 2.52. The van der Waals surface area contributed by atoms with Gasteiger partial charge in [0.1, 0.15) is 11.3 Å². The van der Waals surface area contributed by atoms with Gasteiger partial charge in [0.25, 0.3) is 0 Å². The van der Waals surface area contributed by atoms with Crippen LogP contribution in [0.3, 0.4) is 0 Å². The van der Waals surface area contributed by atoms with Crippen molar-refractivity contribution in [2.24, 2.45) is 0 Å². The molecule has 2 aliphatic rings. The number of benzene rings is 4. The lowest BCUT2D eigenvalue weighted by atomic mass is 9.94. The zero-order valence-corrected chi connectivity index (χ0v) is 16.9. The van der Waals surface area contributed by atoms with Crippen LogP contribution in [0.1, 0.15) is 0 Å². The van der Waals surface area contributed by atoms with Gasteiger partial charge in [0, 0.05) is 27.1 Å². The van der Waals surface area contributed by atoms with Gasteiger partial charge in [0.15, 0.2) is 0 Å². The molecule has 0 saturated heterocycles. The first-order valence-electron chi connectivity index (χ1n) is 9.98. The number of halogens is 1. The first kappa shape index (κ1) is 17.3. The fourth-order valence-corrected chi connectivity index (χ4v) is 4.58. The van der Waals surface area contributed by atoms with Gasteiger partial charge < -0.3 is 4.42 Å². The van der Waals surface area contributed by atoms with Gasteiger partial charge in [-0.2, -0.15) is 0 Å². The van der Waals surface area contributed by atoms with Gasteiger partial charge >= 0.3 is 0 Å². The summed E-state index contributed by atoms with van der Waals surface area (Å²) in [4.78, 5) is 0. The molecule has 142 valence electrons. The molecular weight excluding hydrogens is 388 g/mol. The van der Waals surface area contributed by atoms with Crippen LogP contribution in [0.25, 0.3) is 55.3 Å². The summed E-state index contributed by atoms with van der Waals surface area (Å²) < 4.78 is 6.52. The van der Waals surface area contributed by atoms with Crippen LogP contribution < -0.4 is 0 Å². The maximum absolute atomic E-state index is 6.52. The van der Waals surface area contributed by atoms with Crippen LogP contribution in [0.2, 0.25) is 5.02 Å². The highest BCUT2D eigenvalue weighted by atomic mass is 35.5. The Kier molecular flexibility index (Phi) is 3.90. The highest BCUT2D eigenvalue weighted by molar-refractivity contribution is 6.30. The van der Waals surface area contributed by atoms with Crippen molar-refractivity contribution >= 4 is 33.3 Å². The van der Waals surface area contributed by atoms with Gasteiger partial charge in [0.2, 0.25) is 0 Å². The van der Waals surface area contributed by atoms with Gasteiger partial charge in [0.05, 0.1) is 0 Å². The largest absolute Gasteiger partial charge is 0.455 e. The summed E-state index contributed by atoms with van der Waals surface area (Å²) in [6.07, 6.45) is 0. The third kappa shape index (κ3) is 2.56. The van der Waals surface area contributed by atoms with Crippen molar-refractivity contribution in [1.29, 1.82) is 0 Å². The fraction of sp³-hybridized carbons (Fsp3) is 0. The summed E-state index contributed by atoms with van der Waals surface area (Å²) in [7, 11) is 0. The van der Waals surface area contributed by atoms with E-state index in [4.69, 9.17) is 16.0 Å². The van der Waals surface area contributed by atoms with Crippen LogP contribution in [0.15, 0.2) is 108 Å². The van der Waals surface area contributed by atoms with Crippen LogP contribution in [-0.4, -0.2) is 0 Å². The maximum Gasteiger partial charge on any atom is 0.143 e. The van der Waals surface area contributed by atoms with Gasteiger partial charge in [-0.25, -0.2) is 0 Å². The van der Waals surface area contributed by atoms with Gasteiger partial charge in [-0.1, -0.05) is 84.4 Å². The number of hydrogen-bond acceptors (Lipinski definition) is 1. The highest BCUT2D eigenvalue weighted by Gasteiger charge is 2.26. The molecule has 6 rings (SSSR count). The molecular formula is C28H17ClO. The fourth-order valence-electron chi connectivity index (χ4n) is 4.45. The predicted molar refractivity (Wildman–Crippen MR) is 126 cm³/mol. The van der Waals surface area contributed by atoms with E-state index in [1.54, 1.807) is 0 Å². The van der Waals surface area contributed by atoms with Crippen LogP contribution in [0.4, 0.5) is 0 Å². The molecule has 0 unspecified atom stereocenters. The molecule has 0 bridgehead atoms. The second kappa shape index (κ2) is 6.76. The summed E-state index contributed by atoms with van der Waals surface area (Å²) in [6.45, 7) is 0. The lowest BCUT2D eigenvalue weighted by Gasteiger charge is -2.14. The Labute approximate surface area is 179 Å². The molecule has 0 N–H and O–H groups in total. The van der Waals surface area contributed by atoms with Crippen molar-refractivity contribution < 1.29 is 4.42 Å². The SMILES string of the molecule is Clc1ccc(-c2oc3ccccc3c3c(-c4ccccc4)c4ccccc4c2-3)cc1. The van der Waals surface area contributed by atoms with E-state index in [-0.39, 0.29) is 0 Å². The smallest absolute Gasteiger partial charge is 0.143 e. The monoisotopic (exact) mass is 404 g/mol. The number of rotatable bonds is 2. The van der Waals surface area contributed by atoms with Crippen molar-refractivity contribution in [3.63, 3.8) is 0 Å². The molecule has 0 saturated carbocycles. The summed E-state index contributed by atoms with van der Waals surface area (Å²) in [6, 6.07) is 35.4. The first-order valence-corrected chi connectivity index (χ1v) is 10.4. The molecule has 0 aromatic heterocycles. The third-order valence-electron chi connectivity index (χ3n) is 5.73. The molecule has 0 fully saturated rings. The second-order valence-corrected chi connectivity index (χ2v) is 7.91. The molecule has 0 amide bonds. The molecule has 0 atom stereocenters. The minimum Gasteiger partial charge on any atom is -0.455 e. The summed E-state index contributed by atoms with van der Waals surface area (Å²) in [5.74, 6) is 0.874. The van der Waals surface area contributed by atoms with E-state index < -0.39 is 0 Å². The van der Waals surface area contributed by atoms with E-state index in [0.717, 1.165) is 27.9 Å². The number of fused-ring (bicyclic) bond motifs is 5. The van der Waals surface area contributed by atoms with E-state index in [0.29, 0.717) is 5.02 Å². The molecule has 4 aromatic carbocycles.